The summed E-state index contributed by atoms with van der Waals surface area (Å²) in [6, 6.07) is 10.0. The number of nitrogens with zero attached hydrogens (tertiary/aromatic N) is 2. The molecule has 0 saturated carbocycles. The van der Waals surface area contributed by atoms with E-state index in [0.29, 0.717) is 12.6 Å². The monoisotopic (exact) mass is 231 g/mol. The number of hydrogen-bond donors (Lipinski definition) is 1. The lowest BCUT2D eigenvalue weighted by Gasteiger charge is -2.14. The number of anilines is 1. The maximum Gasteiger partial charge on any atom is 0.200 e. The van der Waals surface area contributed by atoms with Crippen molar-refractivity contribution in [1.82, 2.24) is 9.55 Å². The van der Waals surface area contributed by atoms with Crippen LogP contribution < -0.4 is 10.5 Å². The van der Waals surface area contributed by atoms with E-state index >= 15 is 0 Å². The molecule has 1 aromatic heterocycles. The third-order valence-corrected chi connectivity index (χ3v) is 2.55. The van der Waals surface area contributed by atoms with Crippen molar-refractivity contribution < 1.29 is 4.74 Å². The molecular weight excluding hydrogens is 214 g/mol. The molecule has 0 fully saturated rings. The summed E-state index contributed by atoms with van der Waals surface area (Å²) in [5.41, 5.74) is 6.79. The van der Waals surface area contributed by atoms with Gasteiger partial charge in [0.15, 0.2) is 0 Å². The van der Waals surface area contributed by atoms with Gasteiger partial charge < -0.3 is 15.0 Å². The lowest BCUT2D eigenvalue weighted by molar-refractivity contribution is 0.292. The fourth-order valence-corrected chi connectivity index (χ4v) is 1.79. The van der Waals surface area contributed by atoms with Gasteiger partial charge in [-0.25, -0.2) is 4.98 Å². The highest BCUT2D eigenvalue weighted by atomic mass is 16.5. The van der Waals surface area contributed by atoms with Gasteiger partial charge in [0, 0.05) is 6.04 Å². The van der Waals surface area contributed by atoms with Crippen LogP contribution in [0.15, 0.2) is 36.5 Å². The van der Waals surface area contributed by atoms with E-state index in [4.69, 9.17) is 10.5 Å². The average Bonchev–Trinajstić information content (AvgIpc) is 2.69. The molecule has 0 atom stereocenters. The molecule has 2 rings (SSSR count). The number of aromatic nitrogens is 2. The van der Waals surface area contributed by atoms with Crippen LogP contribution in [-0.2, 0) is 6.61 Å². The minimum atomic E-state index is 0.284. The second-order valence-electron chi connectivity index (χ2n) is 4.17. The summed E-state index contributed by atoms with van der Waals surface area (Å²) in [6.45, 7) is 4.63. The van der Waals surface area contributed by atoms with E-state index in [1.165, 1.54) is 0 Å². The number of benzene rings is 1. The summed E-state index contributed by atoms with van der Waals surface area (Å²) >= 11 is 0. The van der Waals surface area contributed by atoms with Crippen molar-refractivity contribution in [2.24, 2.45) is 0 Å². The molecule has 0 radical (unpaired) electrons. The maximum atomic E-state index is 5.81. The van der Waals surface area contributed by atoms with Gasteiger partial charge >= 0.3 is 0 Å². The molecule has 0 spiro atoms. The molecule has 0 amide bonds. The molecule has 2 N–H and O–H groups in total. The number of nitrogens with two attached hydrogens (primary N) is 1. The summed E-state index contributed by atoms with van der Waals surface area (Å²) in [5, 5.41) is 0. The van der Waals surface area contributed by atoms with Gasteiger partial charge in [0.1, 0.15) is 12.4 Å². The summed E-state index contributed by atoms with van der Waals surface area (Å²) in [5.74, 6) is 1.38. The third-order valence-electron chi connectivity index (χ3n) is 2.55. The molecule has 90 valence electrons. The van der Waals surface area contributed by atoms with Gasteiger partial charge in [-0.2, -0.15) is 0 Å². The van der Waals surface area contributed by atoms with E-state index in [9.17, 15) is 0 Å². The van der Waals surface area contributed by atoms with E-state index in [1.54, 1.807) is 6.20 Å². The Hall–Kier alpha value is -1.97. The highest BCUT2D eigenvalue weighted by Gasteiger charge is 2.10. The predicted octanol–water partition coefficient (Wildman–Crippen LogP) is 2.63. The van der Waals surface area contributed by atoms with Gasteiger partial charge in [0.25, 0.3) is 0 Å². The second kappa shape index (κ2) is 4.91. The van der Waals surface area contributed by atoms with Gasteiger partial charge in [-0.1, -0.05) is 18.2 Å². The largest absolute Gasteiger partial charge is 0.487 e. The first-order chi connectivity index (χ1) is 8.18. The Balaban J connectivity index is 2.09. The van der Waals surface area contributed by atoms with Crippen molar-refractivity contribution in [2.75, 3.05) is 5.73 Å². The average molecular weight is 231 g/mol. The Bertz CT molecular complexity index is 477. The Labute approximate surface area is 101 Å². The number of ether oxygens (including phenoxy) is 1. The van der Waals surface area contributed by atoms with Crippen LogP contribution in [-0.4, -0.2) is 9.55 Å². The smallest absolute Gasteiger partial charge is 0.200 e. The zero-order valence-corrected chi connectivity index (χ0v) is 10.1. The van der Waals surface area contributed by atoms with Crippen LogP contribution in [0.4, 0.5) is 5.95 Å². The zero-order chi connectivity index (χ0) is 12.3. The van der Waals surface area contributed by atoms with E-state index in [2.05, 4.69) is 18.8 Å². The molecule has 1 heterocycles. The molecular formula is C13H17N3O. The van der Waals surface area contributed by atoms with Crippen molar-refractivity contribution in [3.8, 4) is 5.75 Å². The molecule has 0 bridgehead atoms. The highest BCUT2D eigenvalue weighted by molar-refractivity contribution is 5.25. The molecule has 0 aliphatic rings. The van der Waals surface area contributed by atoms with Crippen molar-refractivity contribution in [3.05, 3.63) is 42.2 Å². The van der Waals surface area contributed by atoms with E-state index in [0.717, 1.165) is 11.4 Å². The van der Waals surface area contributed by atoms with Gasteiger partial charge in [-0.15, -0.1) is 0 Å². The van der Waals surface area contributed by atoms with Crippen LogP contribution in [0.5, 0.6) is 5.75 Å². The van der Waals surface area contributed by atoms with Crippen molar-refractivity contribution in [2.45, 2.75) is 26.5 Å². The Morgan fingerprint density at radius 2 is 2.00 bits per heavy atom. The zero-order valence-electron chi connectivity index (χ0n) is 10.1. The van der Waals surface area contributed by atoms with E-state index in [-0.39, 0.29) is 6.04 Å². The Morgan fingerprint density at radius 3 is 2.65 bits per heavy atom. The van der Waals surface area contributed by atoms with Crippen molar-refractivity contribution >= 4 is 5.95 Å². The topological polar surface area (TPSA) is 53.1 Å². The SMILES string of the molecule is CC(C)n1c(COc2ccccc2)cnc1N. The second-order valence-corrected chi connectivity index (χ2v) is 4.17. The highest BCUT2D eigenvalue weighted by Crippen LogP contribution is 2.17. The number of imidazole rings is 1. The van der Waals surface area contributed by atoms with Crippen LogP contribution in [0.2, 0.25) is 0 Å². The van der Waals surface area contributed by atoms with E-state index in [1.807, 2.05) is 34.9 Å². The van der Waals surface area contributed by atoms with Crippen LogP contribution in [0.25, 0.3) is 0 Å². The standard InChI is InChI=1S/C13H17N3O/c1-10(2)16-11(8-15-13(16)14)9-17-12-6-4-3-5-7-12/h3-8,10H,9H2,1-2H3,(H2,14,15). The molecule has 1 aromatic carbocycles. The number of para-hydroxylation sites is 1. The first-order valence-electron chi connectivity index (χ1n) is 5.68. The predicted molar refractivity (Wildman–Crippen MR) is 67.8 cm³/mol. The molecule has 2 aromatic rings. The summed E-state index contributed by atoms with van der Waals surface area (Å²) < 4.78 is 7.65. The molecule has 0 aliphatic carbocycles. The van der Waals surface area contributed by atoms with Crippen LogP contribution >= 0.6 is 0 Å². The molecule has 4 nitrogen and oxygen atoms in total. The molecule has 0 aliphatic heterocycles. The molecule has 17 heavy (non-hydrogen) atoms. The number of rotatable bonds is 4. The Kier molecular flexibility index (Phi) is 3.32. The van der Waals surface area contributed by atoms with Gasteiger partial charge in [0.05, 0.1) is 11.9 Å². The molecule has 0 unspecified atom stereocenters. The van der Waals surface area contributed by atoms with Crippen molar-refractivity contribution in [3.63, 3.8) is 0 Å². The lowest BCUT2D eigenvalue weighted by atomic mass is 10.3. The summed E-state index contributed by atoms with van der Waals surface area (Å²) in [4.78, 5) is 4.11. The van der Waals surface area contributed by atoms with E-state index < -0.39 is 0 Å². The quantitative estimate of drug-likeness (QED) is 0.880. The molecule has 0 saturated heterocycles. The fourth-order valence-electron chi connectivity index (χ4n) is 1.79. The summed E-state index contributed by atoms with van der Waals surface area (Å²) in [7, 11) is 0. The third kappa shape index (κ3) is 2.58. The fraction of sp³-hybridized carbons (Fsp3) is 0.308. The molecule has 4 heteroatoms. The van der Waals surface area contributed by atoms with Crippen LogP contribution in [0, 0.1) is 0 Å². The normalized spacial score (nSPS) is 10.8. The first kappa shape index (κ1) is 11.5. The number of nitrogen functional groups attached to an aromatic ring is 1. The van der Waals surface area contributed by atoms with Crippen LogP contribution in [0.3, 0.4) is 0 Å². The van der Waals surface area contributed by atoms with Crippen LogP contribution in [0.1, 0.15) is 25.6 Å². The maximum absolute atomic E-state index is 5.81. The minimum absolute atomic E-state index is 0.284. The Morgan fingerprint density at radius 1 is 1.29 bits per heavy atom. The van der Waals surface area contributed by atoms with Gasteiger partial charge in [-0.05, 0) is 26.0 Å². The number of hydrogen-bond acceptors (Lipinski definition) is 3. The van der Waals surface area contributed by atoms with Gasteiger partial charge in [0.2, 0.25) is 5.95 Å². The van der Waals surface area contributed by atoms with Crippen molar-refractivity contribution in [1.29, 1.82) is 0 Å². The first-order valence-corrected chi connectivity index (χ1v) is 5.68. The summed E-state index contributed by atoms with van der Waals surface area (Å²) in [6.07, 6.45) is 1.76. The lowest BCUT2D eigenvalue weighted by Crippen LogP contribution is -2.11. The minimum Gasteiger partial charge on any atom is -0.487 e. The van der Waals surface area contributed by atoms with Gasteiger partial charge in [-0.3, -0.25) is 0 Å².